The lowest BCUT2D eigenvalue weighted by Gasteiger charge is -2.41. The molecule has 4 rings (SSSR count). The molecule has 0 aromatic carbocycles. The molecule has 0 N–H and O–H groups in total. The summed E-state index contributed by atoms with van der Waals surface area (Å²) in [5.74, 6) is 0. The van der Waals surface area contributed by atoms with Gasteiger partial charge in [-0.1, -0.05) is 26.7 Å². The molecule has 3 nitrogen and oxygen atoms in total. The number of likely N-dealkylation sites (N-methyl/N-ethyl adjacent to an activating group) is 1. The molecule has 0 radical (unpaired) electrons. The Bertz CT molecular complexity index is 447. The van der Waals surface area contributed by atoms with Gasteiger partial charge in [0.2, 0.25) is 0 Å². The highest BCUT2D eigenvalue weighted by Gasteiger charge is 2.55. The molecule has 3 heterocycles. The number of rotatable bonds is 4. The zero-order valence-electron chi connectivity index (χ0n) is 16.2. The minimum absolute atomic E-state index is 0.366. The van der Waals surface area contributed by atoms with Crippen molar-refractivity contribution in [1.82, 2.24) is 9.80 Å². The summed E-state index contributed by atoms with van der Waals surface area (Å²) in [5, 5.41) is 0. The van der Waals surface area contributed by atoms with Crippen molar-refractivity contribution in [3.05, 3.63) is 0 Å². The summed E-state index contributed by atoms with van der Waals surface area (Å²) >= 11 is 0. The predicted octanol–water partition coefficient (Wildman–Crippen LogP) is 4.21. The first-order valence-corrected chi connectivity index (χ1v) is 10.8. The molecule has 24 heavy (non-hydrogen) atoms. The SMILES string of the molecule is CCC(C)N1CCCC12COC(C1CCC3(CCCC3)N1CC)C2. The highest BCUT2D eigenvalue weighted by atomic mass is 16.5. The summed E-state index contributed by atoms with van der Waals surface area (Å²) in [4.78, 5) is 5.69. The van der Waals surface area contributed by atoms with Crippen molar-refractivity contribution < 1.29 is 4.74 Å². The molecule has 0 aromatic heterocycles. The number of hydrogen-bond donors (Lipinski definition) is 0. The molecule has 4 unspecified atom stereocenters. The van der Waals surface area contributed by atoms with Crippen LogP contribution in [0.3, 0.4) is 0 Å². The largest absolute Gasteiger partial charge is 0.375 e. The van der Waals surface area contributed by atoms with Gasteiger partial charge in [0, 0.05) is 23.2 Å². The van der Waals surface area contributed by atoms with E-state index in [1.165, 1.54) is 77.3 Å². The Balaban J connectivity index is 1.49. The normalized spacial score (nSPS) is 41.1. The van der Waals surface area contributed by atoms with Gasteiger partial charge in [0.05, 0.1) is 12.7 Å². The van der Waals surface area contributed by atoms with Crippen molar-refractivity contribution in [1.29, 1.82) is 0 Å². The lowest BCUT2D eigenvalue weighted by atomic mass is 9.89. The fraction of sp³-hybridized carbons (Fsp3) is 1.00. The van der Waals surface area contributed by atoms with Gasteiger partial charge in [-0.05, 0) is 71.4 Å². The van der Waals surface area contributed by atoms with Crippen LogP contribution in [0.25, 0.3) is 0 Å². The van der Waals surface area contributed by atoms with E-state index >= 15 is 0 Å². The summed E-state index contributed by atoms with van der Waals surface area (Å²) in [5.41, 5.74) is 0.912. The van der Waals surface area contributed by atoms with Crippen LogP contribution in [-0.2, 0) is 4.74 Å². The molecule has 1 saturated carbocycles. The lowest BCUT2D eigenvalue weighted by molar-refractivity contribution is 0.00511. The summed E-state index contributed by atoms with van der Waals surface area (Å²) in [6.07, 6.45) is 14.3. The van der Waals surface area contributed by atoms with Gasteiger partial charge in [0.15, 0.2) is 0 Å². The average Bonchev–Trinajstić information content (AvgIpc) is 3.37. The maximum absolute atomic E-state index is 6.55. The summed E-state index contributed by atoms with van der Waals surface area (Å²) in [6, 6.07) is 1.40. The molecular weight excluding hydrogens is 296 g/mol. The molecule has 4 aliphatic rings. The molecule has 0 amide bonds. The Labute approximate surface area is 149 Å². The third-order valence-electron chi connectivity index (χ3n) is 8.14. The second-order valence-electron chi connectivity index (χ2n) is 9.16. The van der Waals surface area contributed by atoms with E-state index in [0.29, 0.717) is 29.3 Å². The second kappa shape index (κ2) is 6.55. The molecule has 4 fully saturated rings. The number of hydrogen-bond acceptors (Lipinski definition) is 3. The monoisotopic (exact) mass is 334 g/mol. The Morgan fingerprint density at radius 3 is 2.50 bits per heavy atom. The zero-order chi connectivity index (χ0) is 16.8. The molecule has 3 aliphatic heterocycles. The maximum atomic E-state index is 6.55. The van der Waals surface area contributed by atoms with E-state index < -0.39 is 0 Å². The predicted molar refractivity (Wildman–Crippen MR) is 99.4 cm³/mol. The van der Waals surface area contributed by atoms with Gasteiger partial charge < -0.3 is 4.74 Å². The van der Waals surface area contributed by atoms with Crippen molar-refractivity contribution in [3.63, 3.8) is 0 Å². The number of ether oxygens (including phenoxy) is 1. The standard InChI is InChI=1S/C21H38N2O/c1-4-17(3)23-14-8-12-21(23)15-19(24-16-21)18-9-13-20(22(18)5-2)10-6-7-11-20/h17-19H,4-16H2,1-3H3. The summed E-state index contributed by atoms with van der Waals surface area (Å²) in [6.45, 7) is 10.6. The summed E-state index contributed by atoms with van der Waals surface area (Å²) < 4.78 is 6.55. The van der Waals surface area contributed by atoms with Gasteiger partial charge in [-0.3, -0.25) is 9.80 Å². The molecular formula is C21H38N2O. The van der Waals surface area contributed by atoms with Crippen LogP contribution in [0, 0.1) is 0 Å². The fourth-order valence-corrected chi connectivity index (χ4v) is 6.84. The molecule has 0 bridgehead atoms. The topological polar surface area (TPSA) is 15.7 Å². The highest BCUT2D eigenvalue weighted by molar-refractivity contribution is 5.10. The van der Waals surface area contributed by atoms with Crippen molar-refractivity contribution in [3.8, 4) is 0 Å². The first kappa shape index (κ1) is 17.3. The Morgan fingerprint density at radius 1 is 1.04 bits per heavy atom. The Morgan fingerprint density at radius 2 is 1.79 bits per heavy atom. The van der Waals surface area contributed by atoms with E-state index in [9.17, 15) is 0 Å². The van der Waals surface area contributed by atoms with Gasteiger partial charge >= 0.3 is 0 Å². The van der Waals surface area contributed by atoms with Crippen LogP contribution < -0.4 is 0 Å². The summed E-state index contributed by atoms with van der Waals surface area (Å²) in [7, 11) is 0. The Hall–Kier alpha value is -0.120. The Kier molecular flexibility index (Phi) is 4.73. The van der Waals surface area contributed by atoms with Crippen molar-refractivity contribution >= 4 is 0 Å². The van der Waals surface area contributed by atoms with Crippen molar-refractivity contribution in [2.75, 3.05) is 19.7 Å². The van der Waals surface area contributed by atoms with E-state index in [2.05, 4.69) is 30.6 Å². The fourth-order valence-electron chi connectivity index (χ4n) is 6.84. The van der Waals surface area contributed by atoms with E-state index in [-0.39, 0.29) is 0 Å². The van der Waals surface area contributed by atoms with Crippen molar-refractivity contribution in [2.45, 2.75) is 114 Å². The van der Waals surface area contributed by atoms with Gasteiger partial charge in [-0.2, -0.15) is 0 Å². The van der Waals surface area contributed by atoms with Crippen LogP contribution in [0.4, 0.5) is 0 Å². The molecule has 138 valence electrons. The van der Waals surface area contributed by atoms with Crippen LogP contribution in [-0.4, -0.2) is 58.8 Å². The van der Waals surface area contributed by atoms with Gasteiger partial charge in [-0.15, -0.1) is 0 Å². The molecule has 3 heteroatoms. The van der Waals surface area contributed by atoms with E-state index in [0.717, 1.165) is 6.61 Å². The van der Waals surface area contributed by atoms with E-state index in [1.807, 2.05) is 0 Å². The van der Waals surface area contributed by atoms with E-state index in [1.54, 1.807) is 0 Å². The molecule has 2 spiro atoms. The van der Waals surface area contributed by atoms with Crippen LogP contribution >= 0.6 is 0 Å². The highest BCUT2D eigenvalue weighted by Crippen LogP contribution is 2.50. The van der Waals surface area contributed by atoms with E-state index in [4.69, 9.17) is 4.74 Å². The number of likely N-dealkylation sites (tertiary alicyclic amines) is 2. The first-order valence-electron chi connectivity index (χ1n) is 10.8. The third-order valence-corrected chi connectivity index (χ3v) is 8.14. The third kappa shape index (κ3) is 2.57. The second-order valence-corrected chi connectivity index (χ2v) is 9.16. The van der Waals surface area contributed by atoms with Crippen LogP contribution in [0.1, 0.15) is 85.0 Å². The molecule has 1 aliphatic carbocycles. The van der Waals surface area contributed by atoms with Gasteiger partial charge in [-0.25, -0.2) is 0 Å². The van der Waals surface area contributed by atoms with Crippen molar-refractivity contribution in [2.24, 2.45) is 0 Å². The van der Waals surface area contributed by atoms with Crippen LogP contribution in [0.15, 0.2) is 0 Å². The smallest absolute Gasteiger partial charge is 0.0749 e. The lowest BCUT2D eigenvalue weighted by Crippen LogP contribution is -2.51. The molecule has 0 aromatic rings. The van der Waals surface area contributed by atoms with Gasteiger partial charge in [0.1, 0.15) is 0 Å². The quantitative estimate of drug-likeness (QED) is 0.766. The first-order chi connectivity index (χ1) is 11.6. The average molecular weight is 335 g/mol. The van der Waals surface area contributed by atoms with Crippen LogP contribution in [0.5, 0.6) is 0 Å². The minimum atomic E-state index is 0.366. The van der Waals surface area contributed by atoms with Crippen LogP contribution in [0.2, 0.25) is 0 Å². The molecule has 4 atom stereocenters. The zero-order valence-corrected chi connectivity index (χ0v) is 16.2. The molecule has 3 saturated heterocycles. The number of nitrogens with zero attached hydrogens (tertiary/aromatic N) is 2. The minimum Gasteiger partial charge on any atom is -0.375 e. The maximum Gasteiger partial charge on any atom is 0.0749 e. The van der Waals surface area contributed by atoms with Gasteiger partial charge in [0.25, 0.3) is 0 Å².